The van der Waals surface area contributed by atoms with E-state index in [-0.39, 0.29) is 11.9 Å². The monoisotopic (exact) mass is 410 g/mol. The number of carbonyl (C=O) groups excluding carboxylic acids is 2. The highest BCUT2D eigenvalue weighted by Crippen LogP contribution is 2.36. The minimum atomic E-state index is -0.566. The lowest BCUT2D eigenvalue weighted by atomic mass is 9.72. The first kappa shape index (κ1) is 21.9. The lowest BCUT2D eigenvalue weighted by Gasteiger charge is -2.40. The lowest BCUT2D eigenvalue weighted by Crippen LogP contribution is -2.48. The third-order valence-corrected chi connectivity index (χ3v) is 5.89. The highest BCUT2D eigenvalue weighted by molar-refractivity contribution is 5.94. The van der Waals surface area contributed by atoms with Gasteiger partial charge in [-0.25, -0.2) is 9.97 Å². The molecule has 0 unspecified atom stereocenters. The smallest absolute Gasteiger partial charge is 0.316 e. The zero-order valence-electron chi connectivity index (χ0n) is 18.0. The van der Waals surface area contributed by atoms with Crippen LogP contribution in [0.15, 0.2) is 36.5 Å². The molecule has 0 aliphatic carbocycles. The number of benzene rings is 1. The average Bonchev–Trinajstić information content (AvgIpc) is 2.77. The molecule has 1 saturated heterocycles. The van der Waals surface area contributed by atoms with Gasteiger partial charge in [0.25, 0.3) is 5.91 Å². The number of rotatable bonds is 7. The number of ether oxygens (including phenoxy) is 1. The van der Waals surface area contributed by atoms with Gasteiger partial charge in [0.15, 0.2) is 0 Å². The van der Waals surface area contributed by atoms with E-state index in [9.17, 15) is 9.59 Å². The van der Waals surface area contributed by atoms with Gasteiger partial charge in [-0.1, -0.05) is 30.3 Å². The van der Waals surface area contributed by atoms with Crippen LogP contribution in [0.3, 0.4) is 0 Å². The predicted octanol–water partition coefficient (Wildman–Crippen LogP) is 2.42. The highest BCUT2D eigenvalue weighted by Gasteiger charge is 2.43. The second-order valence-electron chi connectivity index (χ2n) is 7.81. The van der Waals surface area contributed by atoms with E-state index in [0.29, 0.717) is 23.6 Å². The maximum atomic E-state index is 12.6. The fourth-order valence-corrected chi connectivity index (χ4v) is 4.13. The fourth-order valence-electron chi connectivity index (χ4n) is 4.13. The Labute approximate surface area is 177 Å². The van der Waals surface area contributed by atoms with Gasteiger partial charge < -0.3 is 15.0 Å². The molecule has 0 atom stereocenters. The number of aryl methyl sites for hydroxylation is 2. The first-order valence-corrected chi connectivity index (χ1v) is 10.4. The number of hydrogen-bond acceptors (Lipinski definition) is 6. The van der Waals surface area contributed by atoms with Crippen molar-refractivity contribution in [2.75, 3.05) is 33.3 Å². The molecule has 3 rings (SSSR count). The molecule has 1 amide bonds. The number of piperidine rings is 1. The van der Waals surface area contributed by atoms with E-state index >= 15 is 0 Å². The molecule has 0 spiro atoms. The summed E-state index contributed by atoms with van der Waals surface area (Å²) in [5, 5.41) is 2.95. The Kier molecular flexibility index (Phi) is 7.15. The van der Waals surface area contributed by atoms with Gasteiger partial charge >= 0.3 is 5.97 Å². The summed E-state index contributed by atoms with van der Waals surface area (Å²) < 4.78 is 5.15. The molecule has 0 saturated carbocycles. The summed E-state index contributed by atoms with van der Waals surface area (Å²) in [7, 11) is 1.46. The van der Waals surface area contributed by atoms with Crippen LogP contribution in [0, 0.1) is 13.8 Å². The molecule has 0 radical (unpaired) electrons. The molecular weight excluding hydrogens is 380 g/mol. The van der Waals surface area contributed by atoms with Gasteiger partial charge in [-0.15, -0.1) is 0 Å². The number of likely N-dealkylation sites (tertiary alicyclic amines) is 1. The van der Waals surface area contributed by atoms with Gasteiger partial charge in [0, 0.05) is 12.7 Å². The molecule has 7 nitrogen and oxygen atoms in total. The molecule has 1 N–H and O–H groups in total. The van der Waals surface area contributed by atoms with Crippen LogP contribution < -0.4 is 5.32 Å². The van der Waals surface area contributed by atoms with Crippen molar-refractivity contribution in [1.82, 2.24) is 20.2 Å². The van der Waals surface area contributed by atoms with Crippen LogP contribution in [0.25, 0.3) is 0 Å². The number of hydrogen-bond donors (Lipinski definition) is 1. The van der Waals surface area contributed by atoms with Gasteiger partial charge in [-0.05, 0) is 58.3 Å². The second kappa shape index (κ2) is 9.80. The van der Waals surface area contributed by atoms with Gasteiger partial charge in [-0.2, -0.15) is 0 Å². The van der Waals surface area contributed by atoms with Crippen molar-refractivity contribution in [1.29, 1.82) is 0 Å². The van der Waals surface area contributed by atoms with Crippen molar-refractivity contribution in [2.45, 2.75) is 38.5 Å². The molecule has 30 heavy (non-hydrogen) atoms. The minimum Gasteiger partial charge on any atom is -0.468 e. The van der Waals surface area contributed by atoms with Crippen molar-refractivity contribution >= 4 is 11.9 Å². The SMILES string of the molecule is COC(=O)C1(c2ccccc2)CCN(CCCNC(=O)c2cnc(C)nc2C)CC1. The standard InChI is InChI=1S/C23H30N4O3/c1-17-20(16-25-18(2)26-17)21(28)24-12-7-13-27-14-10-23(11-15-27,22(29)30-3)19-8-5-4-6-9-19/h4-6,8-9,16H,7,10-15H2,1-3H3,(H,24,28). The molecule has 1 aromatic heterocycles. The van der Waals surface area contributed by atoms with Crippen LogP contribution in [-0.4, -0.2) is 60.0 Å². The van der Waals surface area contributed by atoms with Crippen molar-refractivity contribution in [3.05, 3.63) is 59.2 Å². The maximum Gasteiger partial charge on any atom is 0.316 e. The summed E-state index contributed by atoms with van der Waals surface area (Å²) in [5.41, 5.74) is 1.67. The van der Waals surface area contributed by atoms with Gasteiger partial charge in [0.2, 0.25) is 0 Å². The van der Waals surface area contributed by atoms with Gasteiger partial charge in [0.05, 0.1) is 23.8 Å². The van der Waals surface area contributed by atoms with Crippen molar-refractivity contribution < 1.29 is 14.3 Å². The summed E-state index contributed by atoms with van der Waals surface area (Å²) >= 11 is 0. The lowest BCUT2D eigenvalue weighted by molar-refractivity contribution is -0.149. The molecule has 1 aliphatic rings. The second-order valence-corrected chi connectivity index (χ2v) is 7.81. The molecule has 1 aromatic carbocycles. The summed E-state index contributed by atoms with van der Waals surface area (Å²) in [6.07, 6.45) is 3.88. The van der Waals surface area contributed by atoms with E-state index in [2.05, 4.69) is 20.2 Å². The quantitative estimate of drug-likeness (QED) is 0.557. The van der Waals surface area contributed by atoms with E-state index in [1.54, 1.807) is 13.1 Å². The zero-order chi connectivity index (χ0) is 21.6. The fraction of sp³-hybridized carbons (Fsp3) is 0.478. The predicted molar refractivity (Wildman–Crippen MR) is 114 cm³/mol. The number of nitrogens with one attached hydrogen (secondary N) is 1. The number of amides is 1. The van der Waals surface area contributed by atoms with Crippen molar-refractivity contribution in [2.24, 2.45) is 0 Å². The van der Waals surface area contributed by atoms with E-state index in [4.69, 9.17) is 4.74 Å². The van der Waals surface area contributed by atoms with Gasteiger partial charge in [0.1, 0.15) is 5.82 Å². The Balaban J connectivity index is 1.48. The molecule has 2 aromatic rings. The minimum absolute atomic E-state index is 0.139. The molecule has 160 valence electrons. The van der Waals surface area contributed by atoms with Crippen LogP contribution >= 0.6 is 0 Å². The Hall–Kier alpha value is -2.80. The van der Waals surface area contributed by atoms with Crippen molar-refractivity contribution in [3.8, 4) is 0 Å². The van der Waals surface area contributed by atoms with Crippen LogP contribution in [0.2, 0.25) is 0 Å². The Morgan fingerprint density at radius 3 is 2.50 bits per heavy atom. The van der Waals surface area contributed by atoms with Crippen LogP contribution in [0.1, 0.15) is 46.7 Å². The van der Waals surface area contributed by atoms with Crippen LogP contribution in [-0.2, 0) is 14.9 Å². The summed E-state index contributed by atoms with van der Waals surface area (Å²) in [6.45, 7) is 6.72. The third kappa shape index (κ3) is 4.84. The van der Waals surface area contributed by atoms with E-state index < -0.39 is 5.41 Å². The van der Waals surface area contributed by atoms with Crippen LogP contribution in [0.5, 0.6) is 0 Å². The Bertz CT molecular complexity index is 877. The molecule has 1 aliphatic heterocycles. The average molecular weight is 411 g/mol. The molecular formula is C23H30N4O3. The molecule has 1 fully saturated rings. The summed E-state index contributed by atoms with van der Waals surface area (Å²) in [5.74, 6) is 0.365. The molecule has 7 heteroatoms. The number of methoxy groups -OCH3 is 1. The van der Waals surface area contributed by atoms with E-state index in [1.807, 2.05) is 37.3 Å². The third-order valence-electron chi connectivity index (χ3n) is 5.89. The highest BCUT2D eigenvalue weighted by atomic mass is 16.5. The van der Waals surface area contributed by atoms with Crippen LogP contribution in [0.4, 0.5) is 0 Å². The number of aromatic nitrogens is 2. The first-order valence-electron chi connectivity index (χ1n) is 10.4. The topological polar surface area (TPSA) is 84.4 Å². The zero-order valence-corrected chi connectivity index (χ0v) is 18.0. The molecule has 0 bridgehead atoms. The Morgan fingerprint density at radius 2 is 1.87 bits per heavy atom. The number of nitrogens with zero attached hydrogens (tertiary/aromatic N) is 3. The maximum absolute atomic E-state index is 12.6. The van der Waals surface area contributed by atoms with Crippen molar-refractivity contribution in [3.63, 3.8) is 0 Å². The van der Waals surface area contributed by atoms with E-state index in [0.717, 1.165) is 44.5 Å². The first-order chi connectivity index (χ1) is 14.5. The normalized spacial score (nSPS) is 16.1. The summed E-state index contributed by atoms with van der Waals surface area (Å²) in [4.78, 5) is 35.6. The summed E-state index contributed by atoms with van der Waals surface area (Å²) in [6, 6.07) is 9.92. The number of carbonyl (C=O) groups is 2. The van der Waals surface area contributed by atoms with E-state index in [1.165, 1.54) is 7.11 Å². The molecule has 2 heterocycles. The largest absolute Gasteiger partial charge is 0.468 e. The number of esters is 1. The van der Waals surface area contributed by atoms with Gasteiger partial charge in [-0.3, -0.25) is 9.59 Å². The Morgan fingerprint density at radius 1 is 1.17 bits per heavy atom.